The molecule has 0 aliphatic carbocycles. The molecule has 1 aromatic heterocycles. The first-order valence-corrected chi connectivity index (χ1v) is 4.92. The first-order chi connectivity index (χ1) is 6.38. The van der Waals surface area contributed by atoms with Crippen molar-refractivity contribution in [2.24, 2.45) is 0 Å². The quantitative estimate of drug-likeness (QED) is 0.685. The molecule has 13 heavy (non-hydrogen) atoms. The Morgan fingerprint density at radius 1 is 1.46 bits per heavy atom. The molecule has 1 radical (unpaired) electrons. The predicted molar refractivity (Wildman–Crippen MR) is 55.0 cm³/mol. The van der Waals surface area contributed by atoms with Gasteiger partial charge in [-0.05, 0) is 25.3 Å². The van der Waals surface area contributed by atoms with E-state index < -0.39 is 0 Å². The van der Waals surface area contributed by atoms with Crippen molar-refractivity contribution in [3.8, 4) is 0 Å². The maximum absolute atomic E-state index is 6.06. The van der Waals surface area contributed by atoms with E-state index in [4.69, 9.17) is 11.6 Å². The summed E-state index contributed by atoms with van der Waals surface area (Å²) in [7, 11) is 0. The van der Waals surface area contributed by atoms with E-state index in [1.807, 2.05) is 12.3 Å². The highest BCUT2D eigenvalue weighted by Crippen LogP contribution is 2.26. The Kier molecular flexibility index (Phi) is 2.69. The molecule has 0 amide bonds. The van der Waals surface area contributed by atoms with Crippen molar-refractivity contribution in [3.05, 3.63) is 29.9 Å². The summed E-state index contributed by atoms with van der Waals surface area (Å²) in [5, 5.41) is 0.797. The Hall–Kier alpha value is -0.760. The van der Waals surface area contributed by atoms with Crippen LogP contribution in [0, 0.1) is 6.42 Å². The maximum Gasteiger partial charge on any atom is 0.0742 e. The first kappa shape index (κ1) is 8.82. The van der Waals surface area contributed by atoms with E-state index in [2.05, 4.69) is 16.3 Å². The fourth-order valence-electron chi connectivity index (χ4n) is 1.59. The third-order valence-corrected chi connectivity index (χ3v) is 2.59. The molecule has 0 bridgehead atoms. The zero-order chi connectivity index (χ0) is 9.10. The maximum atomic E-state index is 6.06. The lowest BCUT2D eigenvalue weighted by atomic mass is 10.1. The Morgan fingerprint density at radius 3 is 3.08 bits per heavy atom. The van der Waals surface area contributed by atoms with E-state index in [9.17, 15) is 0 Å². The highest BCUT2D eigenvalue weighted by Gasteiger charge is 2.13. The van der Waals surface area contributed by atoms with Crippen LogP contribution in [0.5, 0.6) is 0 Å². The minimum atomic E-state index is 0.797. The molecule has 2 rings (SSSR count). The molecular weight excluding hydrogens is 184 g/mol. The lowest BCUT2D eigenvalue weighted by Crippen LogP contribution is -2.30. The number of pyridine rings is 1. The molecule has 0 saturated carbocycles. The van der Waals surface area contributed by atoms with Crippen LogP contribution in [0.4, 0.5) is 5.69 Å². The van der Waals surface area contributed by atoms with E-state index in [1.165, 1.54) is 12.8 Å². The largest absolute Gasteiger partial charge is 0.369 e. The summed E-state index contributed by atoms with van der Waals surface area (Å²) in [5.74, 6) is 0. The normalized spacial score (nSPS) is 17.5. The minimum absolute atomic E-state index is 0.797. The summed E-state index contributed by atoms with van der Waals surface area (Å²) in [6, 6.07) is 1.84. The predicted octanol–water partition coefficient (Wildman–Crippen LogP) is 2.54. The fourth-order valence-corrected chi connectivity index (χ4v) is 1.81. The summed E-state index contributed by atoms with van der Waals surface area (Å²) in [6.07, 6.45) is 8.27. The van der Waals surface area contributed by atoms with Gasteiger partial charge in [0.05, 0.1) is 16.9 Å². The Balaban J connectivity index is 2.18. The van der Waals surface area contributed by atoms with Gasteiger partial charge in [-0.2, -0.15) is 0 Å². The van der Waals surface area contributed by atoms with Gasteiger partial charge in [0, 0.05) is 19.3 Å². The average molecular weight is 196 g/mol. The number of piperidine rings is 1. The Labute approximate surface area is 83.5 Å². The summed E-state index contributed by atoms with van der Waals surface area (Å²) in [6.45, 7) is 2.08. The molecule has 0 N–H and O–H groups in total. The molecule has 0 spiro atoms. The molecule has 1 aromatic rings. The van der Waals surface area contributed by atoms with E-state index in [1.54, 1.807) is 6.20 Å². The van der Waals surface area contributed by atoms with Crippen molar-refractivity contribution < 1.29 is 0 Å². The van der Waals surface area contributed by atoms with Crippen LogP contribution in [-0.4, -0.2) is 18.1 Å². The van der Waals surface area contributed by atoms with Gasteiger partial charge in [-0.25, -0.2) is 0 Å². The van der Waals surface area contributed by atoms with Crippen LogP contribution in [0.25, 0.3) is 0 Å². The van der Waals surface area contributed by atoms with Crippen LogP contribution < -0.4 is 4.90 Å². The number of rotatable bonds is 1. The van der Waals surface area contributed by atoms with Crippen LogP contribution in [0.3, 0.4) is 0 Å². The van der Waals surface area contributed by atoms with Crippen molar-refractivity contribution in [3.63, 3.8) is 0 Å². The highest BCUT2D eigenvalue weighted by atomic mass is 35.5. The highest BCUT2D eigenvalue weighted by molar-refractivity contribution is 6.33. The van der Waals surface area contributed by atoms with Gasteiger partial charge in [-0.3, -0.25) is 4.98 Å². The monoisotopic (exact) mass is 195 g/mol. The Morgan fingerprint density at radius 2 is 2.38 bits per heavy atom. The van der Waals surface area contributed by atoms with Gasteiger partial charge in [0.25, 0.3) is 0 Å². The van der Waals surface area contributed by atoms with Crippen molar-refractivity contribution >= 4 is 17.3 Å². The van der Waals surface area contributed by atoms with E-state index in [0.29, 0.717) is 0 Å². The van der Waals surface area contributed by atoms with Crippen molar-refractivity contribution in [2.45, 2.75) is 12.8 Å². The third kappa shape index (κ3) is 1.94. The molecule has 3 heteroatoms. The third-order valence-electron chi connectivity index (χ3n) is 2.27. The zero-order valence-corrected chi connectivity index (χ0v) is 8.17. The molecule has 2 heterocycles. The average Bonchev–Trinajstić information content (AvgIpc) is 2.20. The zero-order valence-electron chi connectivity index (χ0n) is 7.41. The summed E-state index contributed by atoms with van der Waals surface area (Å²) in [5.41, 5.74) is 1.06. The smallest absolute Gasteiger partial charge is 0.0742 e. The minimum Gasteiger partial charge on any atom is -0.369 e. The molecule has 0 unspecified atom stereocenters. The summed E-state index contributed by atoms with van der Waals surface area (Å²) in [4.78, 5) is 6.34. The second-order valence-electron chi connectivity index (χ2n) is 3.20. The summed E-state index contributed by atoms with van der Waals surface area (Å²) >= 11 is 6.06. The first-order valence-electron chi connectivity index (χ1n) is 4.54. The SMILES string of the molecule is Clc1ccncc1N1C[CH]CCC1. The standard InChI is InChI=1S/C10H12ClN2/c11-9-4-5-12-8-10(9)13-6-2-1-3-7-13/h2,4-5,8H,1,3,6-7H2. The van der Waals surface area contributed by atoms with Crippen LogP contribution in [0.15, 0.2) is 18.5 Å². The second kappa shape index (κ2) is 3.97. The number of aromatic nitrogens is 1. The second-order valence-corrected chi connectivity index (χ2v) is 3.61. The van der Waals surface area contributed by atoms with Gasteiger partial charge in [0.15, 0.2) is 0 Å². The van der Waals surface area contributed by atoms with Gasteiger partial charge in [0.2, 0.25) is 0 Å². The van der Waals surface area contributed by atoms with Crippen LogP contribution >= 0.6 is 11.6 Å². The van der Waals surface area contributed by atoms with Crippen LogP contribution in [0.2, 0.25) is 5.02 Å². The lowest BCUT2D eigenvalue weighted by Gasteiger charge is -2.28. The van der Waals surface area contributed by atoms with Crippen LogP contribution in [0.1, 0.15) is 12.8 Å². The van der Waals surface area contributed by atoms with E-state index in [0.717, 1.165) is 23.8 Å². The summed E-state index contributed by atoms with van der Waals surface area (Å²) < 4.78 is 0. The number of anilines is 1. The molecule has 0 aromatic carbocycles. The van der Waals surface area contributed by atoms with Crippen molar-refractivity contribution in [1.29, 1.82) is 0 Å². The van der Waals surface area contributed by atoms with Crippen LogP contribution in [-0.2, 0) is 0 Å². The topological polar surface area (TPSA) is 16.1 Å². The van der Waals surface area contributed by atoms with Crippen molar-refractivity contribution in [1.82, 2.24) is 4.98 Å². The van der Waals surface area contributed by atoms with Gasteiger partial charge in [-0.1, -0.05) is 11.6 Å². The number of nitrogens with zero attached hydrogens (tertiary/aromatic N) is 2. The lowest BCUT2D eigenvalue weighted by molar-refractivity contribution is 0.671. The number of halogens is 1. The molecule has 1 aliphatic rings. The van der Waals surface area contributed by atoms with Gasteiger partial charge >= 0.3 is 0 Å². The molecule has 1 aliphatic heterocycles. The molecule has 1 fully saturated rings. The fraction of sp³-hybridized carbons (Fsp3) is 0.400. The van der Waals surface area contributed by atoms with Crippen molar-refractivity contribution in [2.75, 3.05) is 18.0 Å². The Bertz CT molecular complexity index is 282. The van der Waals surface area contributed by atoms with Gasteiger partial charge in [-0.15, -0.1) is 0 Å². The number of hydrogen-bond donors (Lipinski definition) is 0. The molecule has 69 valence electrons. The van der Waals surface area contributed by atoms with E-state index >= 15 is 0 Å². The molecule has 1 saturated heterocycles. The van der Waals surface area contributed by atoms with E-state index in [-0.39, 0.29) is 0 Å². The number of hydrogen-bond acceptors (Lipinski definition) is 2. The molecule has 0 atom stereocenters. The van der Waals surface area contributed by atoms with Gasteiger partial charge < -0.3 is 4.90 Å². The van der Waals surface area contributed by atoms with Gasteiger partial charge in [0.1, 0.15) is 0 Å². The molecule has 2 nitrogen and oxygen atoms in total. The molecular formula is C10H12ClN2.